The first kappa shape index (κ1) is 20.2. The van der Waals surface area contributed by atoms with Crippen molar-refractivity contribution in [1.29, 1.82) is 0 Å². The Morgan fingerprint density at radius 3 is 2.56 bits per heavy atom. The lowest BCUT2D eigenvalue weighted by atomic mass is 10.1. The molecule has 2 aromatic rings. The van der Waals surface area contributed by atoms with Gasteiger partial charge in [0.05, 0.1) is 19.4 Å². The molecule has 8 heteroatoms. The van der Waals surface area contributed by atoms with Crippen molar-refractivity contribution in [2.24, 2.45) is 0 Å². The first-order chi connectivity index (χ1) is 13.1. The van der Waals surface area contributed by atoms with Crippen LogP contribution in [-0.2, 0) is 16.0 Å². The molecule has 0 bridgehead atoms. The molecule has 8 nitrogen and oxygen atoms in total. The van der Waals surface area contributed by atoms with Gasteiger partial charge in [-0.15, -0.1) is 0 Å². The van der Waals surface area contributed by atoms with Crippen molar-refractivity contribution >= 4 is 11.9 Å². The fourth-order valence-corrected chi connectivity index (χ4v) is 2.26. The number of carbonyl (C=O) groups is 2. The molecular weight excluding hydrogens is 350 g/mol. The number of amides is 1. The van der Waals surface area contributed by atoms with E-state index in [2.05, 4.69) is 15.3 Å². The van der Waals surface area contributed by atoms with Crippen LogP contribution in [0.3, 0.4) is 0 Å². The fourth-order valence-electron chi connectivity index (χ4n) is 2.26. The van der Waals surface area contributed by atoms with Gasteiger partial charge in [0.1, 0.15) is 0 Å². The van der Waals surface area contributed by atoms with Gasteiger partial charge >= 0.3 is 5.97 Å². The lowest BCUT2D eigenvalue weighted by Gasteiger charge is -2.12. The van der Waals surface area contributed by atoms with Crippen molar-refractivity contribution in [3.8, 4) is 11.5 Å². The number of ether oxygens (including phenoxy) is 3. The van der Waals surface area contributed by atoms with Crippen LogP contribution in [0.15, 0.2) is 36.8 Å². The molecule has 0 atom stereocenters. The quantitative estimate of drug-likeness (QED) is 0.634. The Labute approximate surface area is 157 Å². The van der Waals surface area contributed by atoms with Gasteiger partial charge in [0.2, 0.25) is 0 Å². The molecule has 0 radical (unpaired) electrons. The van der Waals surface area contributed by atoms with Crippen LogP contribution in [0.4, 0.5) is 0 Å². The Morgan fingerprint density at radius 1 is 1.07 bits per heavy atom. The molecule has 1 aromatic heterocycles. The van der Waals surface area contributed by atoms with Gasteiger partial charge in [-0.05, 0) is 38.0 Å². The Kier molecular flexibility index (Phi) is 8.02. The molecule has 2 rings (SSSR count). The summed E-state index contributed by atoms with van der Waals surface area (Å²) in [6.07, 6.45) is 4.71. The van der Waals surface area contributed by atoms with Gasteiger partial charge in [0, 0.05) is 18.9 Å². The molecule has 27 heavy (non-hydrogen) atoms. The van der Waals surface area contributed by atoms with Crippen molar-refractivity contribution in [1.82, 2.24) is 15.3 Å². The maximum absolute atomic E-state index is 11.8. The lowest BCUT2D eigenvalue weighted by molar-refractivity contribution is -0.124. The van der Waals surface area contributed by atoms with E-state index < -0.39 is 5.97 Å². The summed E-state index contributed by atoms with van der Waals surface area (Å²) in [6.45, 7) is 4.95. The molecule has 1 amide bonds. The van der Waals surface area contributed by atoms with E-state index in [0.29, 0.717) is 37.7 Å². The summed E-state index contributed by atoms with van der Waals surface area (Å²) in [5.74, 6) is 0.304. The SMILES string of the molecule is CCOc1ccc(CCNC(=O)COC(=O)c2cnccn2)cc1OCC. The Bertz CT molecular complexity index is 752. The van der Waals surface area contributed by atoms with Crippen LogP contribution in [0.1, 0.15) is 29.9 Å². The largest absolute Gasteiger partial charge is 0.490 e. The second-order valence-electron chi connectivity index (χ2n) is 5.41. The van der Waals surface area contributed by atoms with Crippen molar-refractivity contribution in [2.45, 2.75) is 20.3 Å². The van der Waals surface area contributed by atoms with E-state index in [0.717, 1.165) is 5.56 Å². The summed E-state index contributed by atoms with van der Waals surface area (Å²) >= 11 is 0. The number of hydrogen-bond donors (Lipinski definition) is 1. The summed E-state index contributed by atoms with van der Waals surface area (Å²) in [7, 11) is 0. The van der Waals surface area contributed by atoms with Gasteiger partial charge in [-0.1, -0.05) is 6.07 Å². The minimum absolute atomic E-state index is 0.0585. The summed E-state index contributed by atoms with van der Waals surface area (Å²) < 4.78 is 16.0. The maximum Gasteiger partial charge on any atom is 0.359 e. The van der Waals surface area contributed by atoms with Crippen molar-refractivity contribution in [3.05, 3.63) is 48.0 Å². The number of esters is 1. The molecule has 1 aromatic carbocycles. The van der Waals surface area contributed by atoms with Crippen molar-refractivity contribution in [2.75, 3.05) is 26.4 Å². The number of hydrogen-bond acceptors (Lipinski definition) is 7. The summed E-state index contributed by atoms with van der Waals surface area (Å²) in [5.41, 5.74) is 1.06. The van der Waals surface area contributed by atoms with E-state index in [9.17, 15) is 9.59 Å². The zero-order valence-electron chi connectivity index (χ0n) is 15.4. The third-order valence-electron chi connectivity index (χ3n) is 3.45. The Balaban J connectivity index is 1.77. The number of rotatable bonds is 10. The van der Waals surface area contributed by atoms with E-state index in [4.69, 9.17) is 14.2 Å². The molecule has 0 saturated carbocycles. The molecule has 1 heterocycles. The van der Waals surface area contributed by atoms with Gasteiger partial charge < -0.3 is 19.5 Å². The number of nitrogens with zero attached hydrogens (tertiary/aromatic N) is 2. The highest BCUT2D eigenvalue weighted by atomic mass is 16.5. The van der Waals surface area contributed by atoms with Crippen LogP contribution in [0.25, 0.3) is 0 Å². The number of nitrogens with one attached hydrogen (secondary N) is 1. The highest BCUT2D eigenvalue weighted by Gasteiger charge is 2.11. The van der Waals surface area contributed by atoms with Crippen molar-refractivity contribution in [3.63, 3.8) is 0 Å². The lowest BCUT2D eigenvalue weighted by Crippen LogP contribution is -2.30. The van der Waals surface area contributed by atoms with E-state index in [-0.39, 0.29) is 18.2 Å². The molecule has 0 unspecified atom stereocenters. The third-order valence-corrected chi connectivity index (χ3v) is 3.45. The summed E-state index contributed by atoms with van der Waals surface area (Å²) in [4.78, 5) is 31.1. The molecule has 0 spiro atoms. The monoisotopic (exact) mass is 373 g/mol. The highest BCUT2D eigenvalue weighted by Crippen LogP contribution is 2.28. The minimum Gasteiger partial charge on any atom is -0.490 e. The van der Waals surface area contributed by atoms with Crippen LogP contribution in [0.2, 0.25) is 0 Å². The predicted molar refractivity (Wildman–Crippen MR) is 97.8 cm³/mol. The molecule has 1 N–H and O–H groups in total. The highest BCUT2D eigenvalue weighted by molar-refractivity contribution is 5.89. The molecule has 144 valence electrons. The van der Waals surface area contributed by atoms with Crippen LogP contribution in [0, 0.1) is 0 Å². The topological polar surface area (TPSA) is 99.6 Å². The van der Waals surface area contributed by atoms with Gasteiger partial charge in [0.25, 0.3) is 5.91 Å². The Morgan fingerprint density at radius 2 is 1.85 bits per heavy atom. The van der Waals surface area contributed by atoms with Crippen LogP contribution in [0.5, 0.6) is 11.5 Å². The van der Waals surface area contributed by atoms with Gasteiger partial charge in [-0.25, -0.2) is 9.78 Å². The number of benzene rings is 1. The van der Waals surface area contributed by atoms with Crippen molar-refractivity contribution < 1.29 is 23.8 Å². The van der Waals surface area contributed by atoms with Crippen LogP contribution in [-0.4, -0.2) is 48.2 Å². The van der Waals surface area contributed by atoms with Gasteiger partial charge in [-0.2, -0.15) is 0 Å². The zero-order chi connectivity index (χ0) is 19.5. The number of aromatic nitrogens is 2. The van der Waals surface area contributed by atoms with Crippen LogP contribution >= 0.6 is 0 Å². The first-order valence-corrected chi connectivity index (χ1v) is 8.72. The second kappa shape index (κ2) is 10.7. The molecular formula is C19H23N3O5. The summed E-state index contributed by atoms with van der Waals surface area (Å²) in [6, 6.07) is 5.68. The average Bonchev–Trinajstić information content (AvgIpc) is 2.69. The van der Waals surface area contributed by atoms with E-state index in [1.165, 1.54) is 18.6 Å². The normalized spacial score (nSPS) is 10.1. The van der Waals surface area contributed by atoms with E-state index in [1.54, 1.807) is 0 Å². The van der Waals surface area contributed by atoms with Gasteiger partial charge in [-0.3, -0.25) is 9.78 Å². The van der Waals surface area contributed by atoms with E-state index >= 15 is 0 Å². The molecule has 0 saturated heterocycles. The predicted octanol–water partition coefficient (Wildman–Crippen LogP) is 1.79. The Hall–Kier alpha value is -3.16. The average molecular weight is 373 g/mol. The van der Waals surface area contributed by atoms with Crippen LogP contribution < -0.4 is 14.8 Å². The smallest absolute Gasteiger partial charge is 0.359 e. The minimum atomic E-state index is -0.689. The maximum atomic E-state index is 11.8. The van der Waals surface area contributed by atoms with Gasteiger partial charge in [0.15, 0.2) is 23.8 Å². The standard InChI is InChI=1S/C19H23N3O5/c1-3-25-16-6-5-14(11-17(16)26-4-2)7-8-22-18(23)13-27-19(24)15-12-20-9-10-21-15/h5-6,9-12H,3-4,7-8,13H2,1-2H3,(H,22,23). The molecule has 0 aliphatic rings. The third kappa shape index (κ3) is 6.58. The molecule has 0 aliphatic carbocycles. The number of carbonyl (C=O) groups excluding carboxylic acids is 2. The zero-order valence-corrected chi connectivity index (χ0v) is 15.4. The fraction of sp³-hybridized carbons (Fsp3) is 0.368. The first-order valence-electron chi connectivity index (χ1n) is 8.72. The van der Waals surface area contributed by atoms with E-state index in [1.807, 2.05) is 32.0 Å². The summed E-state index contributed by atoms with van der Waals surface area (Å²) in [5, 5.41) is 2.70. The second-order valence-corrected chi connectivity index (χ2v) is 5.41. The molecule has 0 aliphatic heterocycles. The molecule has 0 fully saturated rings.